The summed E-state index contributed by atoms with van der Waals surface area (Å²) in [6.07, 6.45) is 3.30. The smallest absolute Gasteiger partial charge is 0.187 e. The second kappa shape index (κ2) is 7.43. The second-order valence-electron chi connectivity index (χ2n) is 8.40. The maximum Gasteiger partial charge on any atom is 0.187 e. The molecule has 0 spiro atoms. The maximum atomic E-state index is 15.0. The number of anilines is 1. The molecule has 0 radical (unpaired) electrons. The number of halogens is 1. The standard InChI is InChI=1S/C22H26FN5/c1-22(2,3)20-19(23)21(26-15-25-20)28-11-9-27(10-12-28)14-16-6-7-18-17(13-16)5-4-8-24-18/h4-8,13,15H,9-12,14H2,1-3H3. The summed E-state index contributed by atoms with van der Waals surface area (Å²) < 4.78 is 15.0. The fraction of sp³-hybridized carbons (Fsp3) is 0.409. The Balaban J connectivity index is 1.43. The van der Waals surface area contributed by atoms with Crippen LogP contribution in [0.25, 0.3) is 10.9 Å². The Labute approximate surface area is 165 Å². The van der Waals surface area contributed by atoms with Gasteiger partial charge in [0.1, 0.15) is 6.33 Å². The van der Waals surface area contributed by atoms with Gasteiger partial charge in [-0.15, -0.1) is 0 Å². The van der Waals surface area contributed by atoms with E-state index >= 15 is 0 Å². The number of hydrogen-bond donors (Lipinski definition) is 0. The molecule has 3 heterocycles. The molecular weight excluding hydrogens is 353 g/mol. The molecule has 4 rings (SSSR count). The van der Waals surface area contributed by atoms with E-state index in [1.807, 2.05) is 37.9 Å². The maximum absolute atomic E-state index is 15.0. The number of pyridine rings is 1. The van der Waals surface area contributed by atoms with Gasteiger partial charge in [-0.25, -0.2) is 14.4 Å². The Morgan fingerprint density at radius 2 is 1.79 bits per heavy atom. The van der Waals surface area contributed by atoms with E-state index in [1.165, 1.54) is 11.9 Å². The largest absolute Gasteiger partial charge is 0.352 e. The van der Waals surface area contributed by atoms with Gasteiger partial charge in [0.25, 0.3) is 0 Å². The molecule has 28 heavy (non-hydrogen) atoms. The summed E-state index contributed by atoms with van der Waals surface area (Å²) in [5, 5.41) is 1.16. The third-order valence-corrected chi connectivity index (χ3v) is 5.23. The van der Waals surface area contributed by atoms with Crippen LogP contribution in [-0.2, 0) is 12.0 Å². The van der Waals surface area contributed by atoms with Gasteiger partial charge in [-0.05, 0) is 23.8 Å². The number of hydrogen-bond acceptors (Lipinski definition) is 5. The van der Waals surface area contributed by atoms with Crippen molar-refractivity contribution in [3.8, 4) is 0 Å². The number of aromatic nitrogens is 3. The van der Waals surface area contributed by atoms with Crippen molar-refractivity contribution in [2.75, 3.05) is 31.1 Å². The van der Waals surface area contributed by atoms with Gasteiger partial charge in [0.2, 0.25) is 0 Å². The molecule has 1 fully saturated rings. The molecule has 1 aliphatic heterocycles. The normalized spacial score (nSPS) is 15.9. The number of piperazine rings is 1. The van der Waals surface area contributed by atoms with E-state index in [1.54, 1.807) is 0 Å². The highest BCUT2D eigenvalue weighted by molar-refractivity contribution is 5.78. The minimum Gasteiger partial charge on any atom is -0.352 e. The topological polar surface area (TPSA) is 45.2 Å². The minimum atomic E-state index is -0.339. The predicted octanol–water partition coefficient (Wildman–Crippen LogP) is 3.78. The first-order valence-corrected chi connectivity index (χ1v) is 9.74. The molecule has 0 unspecified atom stereocenters. The Bertz CT molecular complexity index is 974. The highest BCUT2D eigenvalue weighted by Crippen LogP contribution is 2.28. The Kier molecular flexibility index (Phi) is 4.98. The van der Waals surface area contributed by atoms with Crippen LogP contribution in [0.2, 0.25) is 0 Å². The van der Waals surface area contributed by atoms with Crippen LogP contribution in [0.4, 0.5) is 10.2 Å². The monoisotopic (exact) mass is 379 g/mol. The van der Waals surface area contributed by atoms with Gasteiger partial charge < -0.3 is 4.90 Å². The Morgan fingerprint density at radius 3 is 2.54 bits per heavy atom. The summed E-state index contributed by atoms with van der Waals surface area (Å²) in [6.45, 7) is 10.1. The van der Waals surface area contributed by atoms with Gasteiger partial charge in [-0.3, -0.25) is 9.88 Å². The molecule has 0 N–H and O–H groups in total. The molecule has 0 saturated carbocycles. The van der Waals surface area contributed by atoms with Crippen molar-refractivity contribution < 1.29 is 4.39 Å². The van der Waals surface area contributed by atoms with Gasteiger partial charge in [-0.2, -0.15) is 0 Å². The molecular formula is C22H26FN5. The first kappa shape index (κ1) is 18.7. The van der Waals surface area contributed by atoms with E-state index in [-0.39, 0.29) is 11.2 Å². The molecule has 5 nitrogen and oxygen atoms in total. The van der Waals surface area contributed by atoms with Gasteiger partial charge in [0.05, 0.1) is 11.2 Å². The summed E-state index contributed by atoms with van der Waals surface area (Å²) in [6, 6.07) is 10.5. The molecule has 3 aromatic rings. The first-order valence-electron chi connectivity index (χ1n) is 9.74. The molecule has 0 atom stereocenters. The van der Waals surface area contributed by atoms with Gasteiger partial charge in [0.15, 0.2) is 11.6 Å². The lowest BCUT2D eigenvalue weighted by Crippen LogP contribution is -2.46. The molecule has 146 valence electrons. The Morgan fingerprint density at radius 1 is 1.00 bits per heavy atom. The van der Waals surface area contributed by atoms with Gasteiger partial charge >= 0.3 is 0 Å². The SMILES string of the molecule is CC(C)(C)c1ncnc(N2CCN(Cc3ccc4ncccc4c3)CC2)c1F. The molecule has 0 amide bonds. The molecule has 0 bridgehead atoms. The molecule has 1 aromatic carbocycles. The van der Waals surface area contributed by atoms with E-state index in [2.05, 4.69) is 44.1 Å². The third-order valence-electron chi connectivity index (χ3n) is 5.23. The Hall–Kier alpha value is -2.60. The molecule has 1 saturated heterocycles. The third kappa shape index (κ3) is 3.83. The second-order valence-corrected chi connectivity index (χ2v) is 8.40. The zero-order valence-corrected chi connectivity index (χ0v) is 16.7. The quantitative estimate of drug-likeness (QED) is 0.693. The minimum absolute atomic E-state index is 0.287. The molecule has 0 aliphatic carbocycles. The fourth-order valence-electron chi connectivity index (χ4n) is 3.70. The van der Waals surface area contributed by atoms with E-state index in [4.69, 9.17) is 0 Å². The van der Waals surface area contributed by atoms with Crippen LogP contribution in [0, 0.1) is 5.82 Å². The summed E-state index contributed by atoms with van der Waals surface area (Å²) in [7, 11) is 0. The van der Waals surface area contributed by atoms with E-state index in [0.717, 1.165) is 43.6 Å². The first-order chi connectivity index (χ1) is 13.4. The average Bonchev–Trinajstić information content (AvgIpc) is 2.68. The zero-order valence-electron chi connectivity index (χ0n) is 16.7. The van der Waals surface area contributed by atoms with Crippen molar-refractivity contribution in [2.45, 2.75) is 32.7 Å². The van der Waals surface area contributed by atoms with Crippen molar-refractivity contribution in [3.63, 3.8) is 0 Å². The lowest BCUT2D eigenvalue weighted by molar-refractivity contribution is 0.248. The van der Waals surface area contributed by atoms with Crippen molar-refractivity contribution >= 4 is 16.7 Å². The van der Waals surface area contributed by atoms with Crippen LogP contribution in [0.3, 0.4) is 0 Å². The van der Waals surface area contributed by atoms with Crippen molar-refractivity contribution in [1.29, 1.82) is 0 Å². The number of rotatable bonds is 3. The van der Waals surface area contributed by atoms with Crippen molar-refractivity contribution in [2.24, 2.45) is 0 Å². The van der Waals surface area contributed by atoms with Crippen molar-refractivity contribution in [3.05, 3.63) is 59.9 Å². The summed E-state index contributed by atoms with van der Waals surface area (Å²) in [5.74, 6) is 0.141. The molecule has 1 aliphatic rings. The van der Waals surface area contributed by atoms with Crippen LogP contribution in [0.15, 0.2) is 42.9 Å². The number of fused-ring (bicyclic) bond motifs is 1. The summed E-state index contributed by atoms with van der Waals surface area (Å²) in [5.41, 5.74) is 2.43. The van der Waals surface area contributed by atoms with E-state index < -0.39 is 0 Å². The lowest BCUT2D eigenvalue weighted by atomic mass is 9.91. The highest BCUT2D eigenvalue weighted by atomic mass is 19.1. The molecule has 6 heteroatoms. The van der Waals surface area contributed by atoms with Crippen LogP contribution < -0.4 is 4.90 Å². The lowest BCUT2D eigenvalue weighted by Gasteiger charge is -2.36. The van der Waals surface area contributed by atoms with Crippen LogP contribution in [0.5, 0.6) is 0 Å². The number of benzene rings is 1. The zero-order chi connectivity index (χ0) is 19.7. The van der Waals surface area contributed by atoms with E-state index in [9.17, 15) is 4.39 Å². The highest BCUT2D eigenvalue weighted by Gasteiger charge is 2.27. The van der Waals surface area contributed by atoms with Crippen molar-refractivity contribution in [1.82, 2.24) is 19.9 Å². The predicted molar refractivity (Wildman–Crippen MR) is 110 cm³/mol. The van der Waals surface area contributed by atoms with Crippen LogP contribution in [0.1, 0.15) is 32.0 Å². The fourth-order valence-corrected chi connectivity index (χ4v) is 3.70. The van der Waals surface area contributed by atoms with Gasteiger partial charge in [0, 0.05) is 49.7 Å². The van der Waals surface area contributed by atoms with Gasteiger partial charge in [-0.1, -0.05) is 32.9 Å². The van der Waals surface area contributed by atoms with Crippen LogP contribution in [-0.4, -0.2) is 46.0 Å². The number of nitrogens with zero attached hydrogens (tertiary/aromatic N) is 5. The van der Waals surface area contributed by atoms with Crippen LogP contribution >= 0.6 is 0 Å². The molecule has 2 aromatic heterocycles. The average molecular weight is 379 g/mol. The summed E-state index contributed by atoms with van der Waals surface area (Å²) in [4.78, 5) is 17.2. The summed E-state index contributed by atoms with van der Waals surface area (Å²) >= 11 is 0. The van der Waals surface area contributed by atoms with E-state index in [0.29, 0.717) is 11.5 Å².